The van der Waals surface area contributed by atoms with Gasteiger partial charge in [-0.2, -0.15) is 0 Å². The van der Waals surface area contributed by atoms with Crippen molar-refractivity contribution in [2.45, 2.75) is 77.0 Å². The largest absolute Gasteiger partial charge is 0.508 e. The first-order valence-electron chi connectivity index (χ1n) is 17.1. The molecule has 0 aliphatic rings. The molecule has 16 heteroatoms. The average Bonchev–Trinajstić information content (AvgIpc) is 3.12. The lowest BCUT2D eigenvalue weighted by Crippen LogP contribution is -2.72. The van der Waals surface area contributed by atoms with Crippen LogP contribution < -0.4 is 21.3 Å². The molecule has 0 aromatic heterocycles. The number of carboxylic acids is 2. The van der Waals surface area contributed by atoms with Crippen molar-refractivity contribution in [3.63, 3.8) is 0 Å². The zero-order valence-corrected chi connectivity index (χ0v) is 30.0. The van der Waals surface area contributed by atoms with Crippen LogP contribution in [0.1, 0.15) is 57.6 Å². The van der Waals surface area contributed by atoms with Gasteiger partial charge < -0.3 is 41.3 Å². The summed E-state index contributed by atoms with van der Waals surface area (Å²) >= 11 is 0. The molecule has 0 bridgehead atoms. The topological polar surface area (TPSA) is 255 Å². The van der Waals surface area contributed by atoms with Crippen LogP contribution in [0, 0.1) is 5.92 Å². The number of nitrogens with one attached hydrogen (secondary N) is 4. The third kappa shape index (κ3) is 11.9. The summed E-state index contributed by atoms with van der Waals surface area (Å²) in [6.07, 6.45) is -1.52. The number of ketones is 1. The van der Waals surface area contributed by atoms with Crippen LogP contribution in [0.25, 0.3) is 10.8 Å². The molecule has 0 saturated heterocycles. The summed E-state index contributed by atoms with van der Waals surface area (Å²) in [7, 11) is 0. The van der Waals surface area contributed by atoms with E-state index in [0.717, 1.165) is 24.6 Å². The third-order valence-corrected chi connectivity index (χ3v) is 8.54. The highest BCUT2D eigenvalue weighted by atomic mass is 16.5. The Morgan fingerprint density at radius 3 is 2.09 bits per heavy atom. The van der Waals surface area contributed by atoms with Crippen molar-refractivity contribution < 1.29 is 58.4 Å². The van der Waals surface area contributed by atoms with Crippen molar-refractivity contribution in [1.82, 2.24) is 21.3 Å². The quantitative estimate of drug-likeness (QED) is 0.0645. The van der Waals surface area contributed by atoms with E-state index in [0.29, 0.717) is 11.1 Å². The first-order chi connectivity index (χ1) is 25.6. The lowest BCUT2D eigenvalue weighted by Gasteiger charge is -2.37. The standard InChI is InChI=1S/C38H44N4O12/c1-4-8-32(46)41-38(37(52)53,22(2)31(45)21-54-34(49)20-26-11-7-10-25-9-5-6-12-28(25)26)42-36(51)29(17-18-33(47)48)40-35(50)30(39-23(3)43)19-24-13-15-27(44)16-14-24/h5-7,9-16,22,29-30,44H,4,8,17-21H2,1-3H3,(H,39,43)(H,40,50)(H,41,46)(H,42,51)(H,47,48)(H,52,53). The second-order valence-electron chi connectivity index (χ2n) is 12.7. The second kappa shape index (κ2) is 19.5. The van der Waals surface area contributed by atoms with E-state index in [1.165, 1.54) is 24.3 Å². The van der Waals surface area contributed by atoms with E-state index < -0.39 is 90.4 Å². The predicted molar refractivity (Wildman–Crippen MR) is 193 cm³/mol. The number of carbonyl (C=O) groups excluding carboxylic acids is 6. The third-order valence-electron chi connectivity index (χ3n) is 8.54. The summed E-state index contributed by atoms with van der Waals surface area (Å²) < 4.78 is 5.21. The number of ether oxygens (including phenoxy) is 1. The highest BCUT2D eigenvalue weighted by Crippen LogP contribution is 2.21. The van der Waals surface area contributed by atoms with Gasteiger partial charge in [0, 0.05) is 26.2 Å². The van der Waals surface area contributed by atoms with Crippen LogP contribution >= 0.6 is 0 Å². The average molecular weight is 749 g/mol. The van der Waals surface area contributed by atoms with Crippen molar-refractivity contribution in [1.29, 1.82) is 0 Å². The molecule has 0 radical (unpaired) electrons. The van der Waals surface area contributed by atoms with Crippen LogP contribution in [0.3, 0.4) is 0 Å². The van der Waals surface area contributed by atoms with E-state index >= 15 is 0 Å². The van der Waals surface area contributed by atoms with Crippen LogP contribution in [-0.2, 0) is 55.9 Å². The fraction of sp³-hybridized carbons (Fsp3) is 0.368. The van der Waals surface area contributed by atoms with Gasteiger partial charge in [-0.15, -0.1) is 0 Å². The van der Waals surface area contributed by atoms with Gasteiger partial charge in [-0.05, 0) is 46.9 Å². The number of aromatic hydroxyl groups is 1. The summed E-state index contributed by atoms with van der Waals surface area (Å²) in [4.78, 5) is 103. The molecule has 0 saturated carbocycles. The lowest BCUT2D eigenvalue weighted by molar-refractivity contribution is -0.160. The van der Waals surface area contributed by atoms with E-state index in [9.17, 15) is 53.7 Å². The van der Waals surface area contributed by atoms with Crippen LogP contribution in [0.4, 0.5) is 0 Å². The molecule has 0 aliphatic heterocycles. The van der Waals surface area contributed by atoms with E-state index in [-0.39, 0.29) is 31.4 Å². The Morgan fingerprint density at radius 1 is 0.796 bits per heavy atom. The maximum Gasteiger partial charge on any atom is 0.351 e. The van der Waals surface area contributed by atoms with Gasteiger partial charge >= 0.3 is 17.9 Å². The van der Waals surface area contributed by atoms with Crippen LogP contribution in [-0.4, -0.2) is 87.0 Å². The maximum absolute atomic E-state index is 13.8. The van der Waals surface area contributed by atoms with Gasteiger partial charge in [0.15, 0.2) is 5.78 Å². The molecule has 4 unspecified atom stereocenters. The smallest absolute Gasteiger partial charge is 0.351 e. The molecule has 0 heterocycles. The van der Waals surface area contributed by atoms with Gasteiger partial charge in [-0.25, -0.2) is 4.79 Å². The van der Waals surface area contributed by atoms with E-state index in [2.05, 4.69) is 21.3 Å². The van der Waals surface area contributed by atoms with E-state index in [4.69, 9.17) is 4.74 Å². The Labute approximate surface area is 310 Å². The van der Waals surface area contributed by atoms with Gasteiger partial charge in [-0.3, -0.25) is 33.6 Å². The fourth-order valence-corrected chi connectivity index (χ4v) is 5.63. The molecule has 54 heavy (non-hydrogen) atoms. The Balaban J connectivity index is 1.87. The number of rotatable bonds is 20. The molecular weight excluding hydrogens is 704 g/mol. The molecule has 3 aromatic rings. The van der Waals surface area contributed by atoms with Crippen molar-refractivity contribution >= 4 is 58.1 Å². The van der Waals surface area contributed by atoms with Gasteiger partial charge in [0.05, 0.1) is 12.3 Å². The Kier molecular flexibility index (Phi) is 15.2. The van der Waals surface area contributed by atoms with Crippen LogP contribution in [0.2, 0.25) is 0 Å². The minimum atomic E-state index is -2.85. The second-order valence-corrected chi connectivity index (χ2v) is 12.7. The van der Waals surface area contributed by atoms with E-state index in [1.807, 2.05) is 24.3 Å². The minimum absolute atomic E-state index is 0.0515. The maximum atomic E-state index is 13.8. The molecule has 0 aliphatic carbocycles. The van der Waals surface area contributed by atoms with E-state index in [1.54, 1.807) is 25.1 Å². The Morgan fingerprint density at radius 2 is 1.46 bits per heavy atom. The lowest BCUT2D eigenvalue weighted by atomic mass is 9.89. The molecule has 3 aromatic carbocycles. The first-order valence-corrected chi connectivity index (χ1v) is 17.1. The normalized spacial score (nSPS) is 13.6. The number of phenols is 1. The Hall–Kier alpha value is -6.32. The van der Waals surface area contributed by atoms with Crippen molar-refractivity contribution in [3.8, 4) is 5.75 Å². The number of benzene rings is 3. The molecule has 288 valence electrons. The summed E-state index contributed by atoms with van der Waals surface area (Å²) in [5.41, 5.74) is -1.73. The number of Topliss-reactive ketones (excluding diaryl/α,β-unsaturated/α-hetero) is 1. The van der Waals surface area contributed by atoms with Gasteiger partial charge in [-0.1, -0.05) is 68.4 Å². The number of amides is 4. The number of phenolic OH excluding ortho intramolecular Hbond substituents is 1. The van der Waals surface area contributed by atoms with Gasteiger partial charge in [0.2, 0.25) is 29.3 Å². The molecule has 4 amide bonds. The molecule has 0 spiro atoms. The summed E-state index contributed by atoms with van der Waals surface area (Å²) in [5, 5.41) is 40.3. The number of esters is 1. The number of aliphatic carboxylic acids is 2. The first kappa shape index (κ1) is 42.1. The number of carboxylic acid groups (broad SMARTS) is 2. The zero-order chi connectivity index (χ0) is 40.0. The number of hydrogen-bond donors (Lipinski definition) is 7. The number of carbonyl (C=O) groups is 8. The molecule has 3 rings (SSSR count). The molecule has 4 atom stereocenters. The highest BCUT2D eigenvalue weighted by molar-refractivity contribution is 6.00. The summed E-state index contributed by atoms with van der Waals surface area (Å²) in [5.74, 6) is -10.6. The number of fused-ring (bicyclic) bond motifs is 1. The minimum Gasteiger partial charge on any atom is -0.508 e. The Bertz CT molecular complexity index is 1870. The molecular formula is C38H44N4O12. The van der Waals surface area contributed by atoms with Crippen LogP contribution in [0.15, 0.2) is 66.7 Å². The molecule has 7 N–H and O–H groups in total. The number of hydrogen-bond acceptors (Lipinski definition) is 10. The monoisotopic (exact) mass is 748 g/mol. The van der Waals surface area contributed by atoms with Crippen molar-refractivity contribution in [2.75, 3.05) is 6.61 Å². The van der Waals surface area contributed by atoms with Crippen molar-refractivity contribution in [2.24, 2.45) is 5.92 Å². The molecule has 16 nitrogen and oxygen atoms in total. The summed E-state index contributed by atoms with van der Waals surface area (Å²) in [6, 6.07) is 15.3. The predicted octanol–water partition coefficient (Wildman–Crippen LogP) is 1.75. The van der Waals surface area contributed by atoms with Gasteiger partial charge in [0.25, 0.3) is 0 Å². The van der Waals surface area contributed by atoms with Gasteiger partial charge in [0.1, 0.15) is 24.4 Å². The van der Waals surface area contributed by atoms with Crippen LogP contribution in [0.5, 0.6) is 5.75 Å². The summed E-state index contributed by atoms with van der Waals surface area (Å²) in [6.45, 7) is 2.95. The molecule has 0 fully saturated rings. The fourth-order valence-electron chi connectivity index (χ4n) is 5.63. The van der Waals surface area contributed by atoms with Crippen molar-refractivity contribution in [3.05, 3.63) is 77.9 Å². The highest BCUT2D eigenvalue weighted by Gasteiger charge is 2.50. The SMILES string of the molecule is CCCC(=O)NC(NC(=O)C(CCC(=O)O)NC(=O)C(Cc1ccc(O)cc1)NC(C)=O)(C(=O)O)C(C)C(=O)COC(=O)Cc1cccc2ccccc12. The zero-order valence-electron chi connectivity index (χ0n) is 30.0.